The van der Waals surface area contributed by atoms with Crippen LogP contribution >= 0.6 is 0 Å². The predicted octanol–water partition coefficient (Wildman–Crippen LogP) is 0.989. The summed E-state index contributed by atoms with van der Waals surface area (Å²) in [6.07, 6.45) is 2.28. The minimum Gasteiger partial charge on any atom is -0.389 e. The summed E-state index contributed by atoms with van der Waals surface area (Å²) < 4.78 is 4.82. The van der Waals surface area contributed by atoms with E-state index in [1.807, 2.05) is 36.4 Å². The Balaban J connectivity index is 2.34. The van der Waals surface area contributed by atoms with Crippen molar-refractivity contribution in [3.8, 4) is 6.07 Å². The molecule has 0 bridgehead atoms. The first kappa shape index (κ1) is 15.7. The minimum atomic E-state index is -0.392. The summed E-state index contributed by atoms with van der Waals surface area (Å²) in [5, 5.41) is 14.5. The number of nitrogens with one attached hydrogen (secondary N) is 2. The number of methoxy groups -OCH3 is 1. The van der Waals surface area contributed by atoms with Crippen LogP contribution in [-0.2, 0) is 16.0 Å². The van der Waals surface area contributed by atoms with E-state index in [4.69, 9.17) is 10.00 Å². The number of nitriles is 1. The van der Waals surface area contributed by atoms with E-state index in [0.717, 1.165) is 6.42 Å². The lowest BCUT2D eigenvalue weighted by Crippen LogP contribution is -2.28. The van der Waals surface area contributed by atoms with Gasteiger partial charge in [0.1, 0.15) is 11.6 Å². The fourth-order valence-electron chi connectivity index (χ4n) is 1.55. The Labute approximate surface area is 119 Å². The van der Waals surface area contributed by atoms with Gasteiger partial charge in [-0.2, -0.15) is 5.26 Å². The number of nitrogens with zero attached hydrogens (tertiary/aromatic N) is 1. The lowest BCUT2D eigenvalue weighted by atomic mass is 10.1. The van der Waals surface area contributed by atoms with Gasteiger partial charge in [0, 0.05) is 26.4 Å². The normalized spacial score (nSPS) is 10.7. The van der Waals surface area contributed by atoms with Crippen LogP contribution in [0.2, 0.25) is 0 Å². The van der Waals surface area contributed by atoms with E-state index in [2.05, 4.69) is 10.6 Å². The molecule has 0 aliphatic heterocycles. The number of carbonyl (C=O) groups excluding carboxylic acids is 1. The van der Waals surface area contributed by atoms with Crippen molar-refractivity contribution in [2.24, 2.45) is 0 Å². The zero-order valence-electron chi connectivity index (χ0n) is 11.6. The van der Waals surface area contributed by atoms with Crippen molar-refractivity contribution in [1.29, 1.82) is 5.26 Å². The molecule has 1 aromatic carbocycles. The van der Waals surface area contributed by atoms with Gasteiger partial charge in [-0.1, -0.05) is 30.3 Å². The number of benzene rings is 1. The Morgan fingerprint density at radius 1 is 1.35 bits per heavy atom. The highest BCUT2D eigenvalue weighted by molar-refractivity contribution is 5.97. The smallest absolute Gasteiger partial charge is 0.263 e. The molecule has 2 N–H and O–H groups in total. The third-order valence-electron chi connectivity index (χ3n) is 2.60. The Morgan fingerprint density at radius 3 is 2.75 bits per heavy atom. The Morgan fingerprint density at radius 2 is 2.10 bits per heavy atom. The van der Waals surface area contributed by atoms with E-state index in [0.29, 0.717) is 19.7 Å². The molecule has 5 nitrogen and oxygen atoms in total. The van der Waals surface area contributed by atoms with Gasteiger partial charge < -0.3 is 15.4 Å². The van der Waals surface area contributed by atoms with Crippen molar-refractivity contribution in [1.82, 2.24) is 10.6 Å². The first-order chi connectivity index (χ1) is 9.77. The van der Waals surface area contributed by atoms with E-state index >= 15 is 0 Å². The van der Waals surface area contributed by atoms with Crippen molar-refractivity contribution < 1.29 is 9.53 Å². The highest BCUT2D eigenvalue weighted by Gasteiger charge is 2.07. The van der Waals surface area contributed by atoms with Gasteiger partial charge in [-0.15, -0.1) is 0 Å². The molecule has 0 saturated heterocycles. The van der Waals surface area contributed by atoms with Crippen LogP contribution in [0, 0.1) is 11.3 Å². The molecular weight excluding hydrogens is 254 g/mol. The van der Waals surface area contributed by atoms with Gasteiger partial charge in [0.25, 0.3) is 5.91 Å². The summed E-state index contributed by atoms with van der Waals surface area (Å²) in [7, 11) is 1.55. The molecule has 5 heteroatoms. The van der Waals surface area contributed by atoms with Crippen LogP contribution in [0.4, 0.5) is 0 Å². The standard InChI is InChI=1S/C15H19N3O2/c1-20-10-9-18-15(19)14(11-16)12-17-8-7-13-5-3-2-4-6-13/h2-6,12,17H,7-10H2,1H3,(H,18,19)/b14-12-. The van der Waals surface area contributed by atoms with E-state index in [1.165, 1.54) is 11.8 Å². The number of rotatable bonds is 8. The third-order valence-corrected chi connectivity index (χ3v) is 2.60. The number of carbonyl (C=O) groups is 1. The maximum Gasteiger partial charge on any atom is 0.263 e. The lowest BCUT2D eigenvalue weighted by molar-refractivity contribution is -0.117. The number of hydrogen-bond donors (Lipinski definition) is 2. The minimum absolute atomic E-state index is 0.0640. The third kappa shape index (κ3) is 6.03. The van der Waals surface area contributed by atoms with Gasteiger partial charge in [-0.05, 0) is 12.0 Å². The largest absolute Gasteiger partial charge is 0.389 e. The zero-order valence-corrected chi connectivity index (χ0v) is 11.6. The maximum atomic E-state index is 11.6. The highest BCUT2D eigenvalue weighted by atomic mass is 16.5. The molecule has 0 unspecified atom stereocenters. The SMILES string of the molecule is COCCNC(=O)/C(C#N)=C\NCCc1ccccc1. The summed E-state index contributed by atoms with van der Waals surface area (Å²) in [5.41, 5.74) is 1.27. The number of amides is 1. The second-order valence-corrected chi connectivity index (χ2v) is 4.11. The van der Waals surface area contributed by atoms with Crippen molar-refractivity contribution in [2.75, 3.05) is 26.8 Å². The van der Waals surface area contributed by atoms with Crippen molar-refractivity contribution in [2.45, 2.75) is 6.42 Å². The fraction of sp³-hybridized carbons (Fsp3) is 0.333. The molecule has 20 heavy (non-hydrogen) atoms. The fourth-order valence-corrected chi connectivity index (χ4v) is 1.55. The molecule has 0 saturated carbocycles. The van der Waals surface area contributed by atoms with Crippen LogP contribution in [0.25, 0.3) is 0 Å². The van der Waals surface area contributed by atoms with Gasteiger partial charge in [-0.3, -0.25) is 4.79 Å². The van der Waals surface area contributed by atoms with Crippen molar-refractivity contribution >= 4 is 5.91 Å². The van der Waals surface area contributed by atoms with Crippen molar-refractivity contribution in [3.63, 3.8) is 0 Å². The van der Waals surface area contributed by atoms with Gasteiger partial charge in [-0.25, -0.2) is 0 Å². The van der Waals surface area contributed by atoms with E-state index in [9.17, 15) is 4.79 Å². The molecule has 0 heterocycles. The van der Waals surface area contributed by atoms with E-state index in [1.54, 1.807) is 7.11 Å². The Kier molecular flexibility index (Phi) is 7.55. The quantitative estimate of drug-likeness (QED) is 0.421. The second-order valence-electron chi connectivity index (χ2n) is 4.11. The number of hydrogen-bond acceptors (Lipinski definition) is 4. The van der Waals surface area contributed by atoms with Crippen LogP contribution < -0.4 is 10.6 Å². The number of ether oxygens (including phenoxy) is 1. The highest BCUT2D eigenvalue weighted by Crippen LogP contribution is 1.98. The monoisotopic (exact) mass is 273 g/mol. The van der Waals surface area contributed by atoms with E-state index < -0.39 is 5.91 Å². The summed E-state index contributed by atoms with van der Waals surface area (Å²) in [6, 6.07) is 11.9. The van der Waals surface area contributed by atoms with Gasteiger partial charge >= 0.3 is 0 Å². The van der Waals surface area contributed by atoms with Crippen LogP contribution in [0.3, 0.4) is 0 Å². The van der Waals surface area contributed by atoms with Crippen LogP contribution in [0.15, 0.2) is 42.1 Å². The van der Waals surface area contributed by atoms with Gasteiger partial charge in [0.15, 0.2) is 0 Å². The predicted molar refractivity (Wildman–Crippen MR) is 76.7 cm³/mol. The zero-order chi connectivity index (χ0) is 14.6. The molecule has 1 rings (SSSR count). The van der Waals surface area contributed by atoms with Gasteiger partial charge in [0.05, 0.1) is 6.61 Å². The Bertz CT molecular complexity index is 478. The van der Waals surface area contributed by atoms with Crippen LogP contribution in [-0.4, -0.2) is 32.7 Å². The second kappa shape index (κ2) is 9.59. The van der Waals surface area contributed by atoms with Gasteiger partial charge in [0.2, 0.25) is 0 Å². The topological polar surface area (TPSA) is 74.1 Å². The molecule has 1 aromatic rings. The molecular formula is C15H19N3O2. The van der Waals surface area contributed by atoms with Crippen LogP contribution in [0.5, 0.6) is 0 Å². The lowest BCUT2D eigenvalue weighted by Gasteiger charge is -2.04. The summed E-state index contributed by atoms with van der Waals surface area (Å²) in [5.74, 6) is -0.392. The first-order valence-electron chi connectivity index (χ1n) is 6.42. The molecule has 0 radical (unpaired) electrons. The summed E-state index contributed by atoms with van der Waals surface area (Å²) in [6.45, 7) is 1.48. The average molecular weight is 273 g/mol. The van der Waals surface area contributed by atoms with E-state index in [-0.39, 0.29) is 5.57 Å². The Hall–Kier alpha value is -2.32. The molecule has 0 aliphatic rings. The maximum absolute atomic E-state index is 11.6. The molecule has 106 valence electrons. The first-order valence-corrected chi connectivity index (χ1v) is 6.42. The van der Waals surface area contributed by atoms with Crippen LogP contribution in [0.1, 0.15) is 5.56 Å². The molecule has 1 amide bonds. The molecule has 0 aromatic heterocycles. The summed E-state index contributed by atoms with van der Waals surface area (Å²) in [4.78, 5) is 11.6. The molecule has 0 atom stereocenters. The molecule has 0 aliphatic carbocycles. The summed E-state index contributed by atoms with van der Waals surface area (Å²) >= 11 is 0. The molecule has 0 fully saturated rings. The average Bonchev–Trinajstić information content (AvgIpc) is 2.48. The van der Waals surface area contributed by atoms with Crippen molar-refractivity contribution in [3.05, 3.63) is 47.7 Å². The molecule has 0 spiro atoms.